The molecular weight excluding hydrogens is 550 g/mol. The van der Waals surface area contributed by atoms with Crippen molar-refractivity contribution in [2.45, 2.75) is 135 Å². The number of rotatable bonds is 5. The van der Waals surface area contributed by atoms with Crippen molar-refractivity contribution in [1.82, 2.24) is 0 Å². The molecule has 0 saturated heterocycles. The van der Waals surface area contributed by atoms with Crippen molar-refractivity contribution in [2.75, 3.05) is 0 Å². The molecule has 0 aliphatic heterocycles. The van der Waals surface area contributed by atoms with Gasteiger partial charge in [0.25, 0.3) is 0 Å². The fourth-order valence-electron chi connectivity index (χ4n) is 7.16. The van der Waals surface area contributed by atoms with E-state index in [4.69, 9.17) is 0 Å². The Kier molecular flexibility index (Phi) is 17.0. The van der Waals surface area contributed by atoms with E-state index in [1.54, 1.807) is 10.6 Å². The fraction of sp³-hybridized carbons (Fsp3) is 0.611. The zero-order valence-electron chi connectivity index (χ0n) is 27.3. The first-order valence-corrected chi connectivity index (χ1v) is 17.4. The summed E-state index contributed by atoms with van der Waals surface area (Å²) < 4.78 is 0. The summed E-state index contributed by atoms with van der Waals surface area (Å²) in [7, 11) is -0.461. The summed E-state index contributed by atoms with van der Waals surface area (Å²) in [6.07, 6.45) is 11.8. The number of hydrogen-bond donors (Lipinski definition) is 0. The standard InChI is InChI=1S/C29H44P2.C5H10.2CH3.Fe/c1-21-15-10-12-18-25(21)30(26-19-13-11-16-22(26)2)23(3)24-17-14-20-27(24)31(28(4,5)6)29(7,8)9;1-2-4-5-3-1;;;/h10-13,15-16,18-19,23-24,27H,14,17,20H2,1-9H3;1-5H2;2*1H3;/q;;2*-1;+2. The van der Waals surface area contributed by atoms with E-state index in [1.165, 1.54) is 62.5 Å². The minimum atomic E-state index is -0.378. The molecule has 222 valence electrons. The van der Waals surface area contributed by atoms with Crippen molar-refractivity contribution < 1.29 is 17.1 Å². The predicted molar refractivity (Wildman–Crippen MR) is 181 cm³/mol. The van der Waals surface area contributed by atoms with Crippen LogP contribution in [0.2, 0.25) is 0 Å². The van der Waals surface area contributed by atoms with Crippen molar-refractivity contribution >= 4 is 26.5 Å². The van der Waals surface area contributed by atoms with Crippen LogP contribution in [0.15, 0.2) is 48.5 Å². The first-order valence-electron chi connectivity index (χ1n) is 14.6. The van der Waals surface area contributed by atoms with Crippen molar-refractivity contribution in [3.8, 4) is 0 Å². The topological polar surface area (TPSA) is 0 Å². The van der Waals surface area contributed by atoms with Gasteiger partial charge in [-0.15, -0.1) is 0 Å². The molecule has 2 saturated carbocycles. The van der Waals surface area contributed by atoms with Gasteiger partial charge in [0.05, 0.1) is 0 Å². The van der Waals surface area contributed by atoms with Gasteiger partial charge >= 0.3 is 17.1 Å². The molecule has 0 radical (unpaired) electrons. The molecule has 4 rings (SSSR count). The van der Waals surface area contributed by atoms with E-state index in [1.807, 2.05) is 0 Å². The van der Waals surface area contributed by atoms with Crippen LogP contribution in [0.1, 0.15) is 111 Å². The molecule has 0 amide bonds. The van der Waals surface area contributed by atoms with Crippen molar-refractivity contribution in [3.63, 3.8) is 0 Å². The van der Waals surface area contributed by atoms with Gasteiger partial charge in [0.1, 0.15) is 0 Å². The minimum absolute atomic E-state index is 0. The fourth-order valence-corrected chi connectivity index (χ4v) is 15.8. The molecule has 0 aromatic heterocycles. The monoisotopic (exact) mass is 610 g/mol. The molecule has 0 N–H and O–H groups in total. The largest absolute Gasteiger partial charge is 2.00 e. The van der Waals surface area contributed by atoms with Gasteiger partial charge in [-0.05, 0) is 83.9 Å². The molecule has 0 spiro atoms. The Morgan fingerprint density at radius 1 is 0.641 bits per heavy atom. The van der Waals surface area contributed by atoms with E-state index in [0.29, 0.717) is 16.0 Å². The molecule has 0 heterocycles. The van der Waals surface area contributed by atoms with Crippen LogP contribution in [0.25, 0.3) is 0 Å². The summed E-state index contributed by atoms with van der Waals surface area (Å²) in [5.74, 6) is 0.829. The molecule has 3 atom stereocenters. The zero-order chi connectivity index (χ0) is 26.5. The summed E-state index contributed by atoms with van der Waals surface area (Å²) >= 11 is 0. The van der Waals surface area contributed by atoms with Crippen LogP contribution in [0, 0.1) is 34.6 Å². The first-order chi connectivity index (χ1) is 16.9. The third-order valence-corrected chi connectivity index (χ3v) is 15.8. The van der Waals surface area contributed by atoms with Gasteiger partial charge in [0.15, 0.2) is 0 Å². The van der Waals surface area contributed by atoms with Crippen LogP contribution in [-0.2, 0) is 17.1 Å². The molecule has 2 aliphatic rings. The Labute approximate surface area is 258 Å². The molecule has 3 heteroatoms. The quantitative estimate of drug-likeness (QED) is 0.180. The van der Waals surface area contributed by atoms with Crippen LogP contribution < -0.4 is 10.6 Å². The number of benzene rings is 2. The molecule has 3 unspecified atom stereocenters. The molecule has 0 nitrogen and oxygen atoms in total. The van der Waals surface area contributed by atoms with E-state index >= 15 is 0 Å². The molecule has 2 aromatic rings. The summed E-state index contributed by atoms with van der Waals surface area (Å²) in [6.45, 7) is 22.3. The summed E-state index contributed by atoms with van der Waals surface area (Å²) in [5, 5.41) is 3.99. The van der Waals surface area contributed by atoms with Crippen LogP contribution >= 0.6 is 15.8 Å². The maximum atomic E-state index is 2.60. The average Bonchev–Trinajstić information content (AvgIpc) is 3.50. The van der Waals surface area contributed by atoms with E-state index in [0.717, 1.165) is 11.6 Å². The third kappa shape index (κ3) is 10.2. The molecule has 2 aliphatic carbocycles. The Bertz CT molecular complexity index is 884. The van der Waals surface area contributed by atoms with Crippen LogP contribution in [0.5, 0.6) is 0 Å². The summed E-state index contributed by atoms with van der Waals surface area (Å²) in [6, 6.07) is 18.4. The van der Waals surface area contributed by atoms with Crippen LogP contribution in [0.4, 0.5) is 0 Å². The van der Waals surface area contributed by atoms with E-state index in [-0.39, 0.29) is 47.8 Å². The second-order valence-corrected chi connectivity index (χ2v) is 19.9. The van der Waals surface area contributed by atoms with Gasteiger partial charge in [-0.25, -0.2) is 0 Å². The van der Waals surface area contributed by atoms with Gasteiger partial charge in [-0.1, -0.05) is 143 Å². The van der Waals surface area contributed by atoms with Crippen LogP contribution in [0.3, 0.4) is 0 Å². The molecule has 39 heavy (non-hydrogen) atoms. The second-order valence-electron chi connectivity index (χ2n) is 13.3. The normalized spacial score (nSPS) is 19.9. The van der Waals surface area contributed by atoms with Crippen LogP contribution in [-0.4, -0.2) is 21.6 Å². The van der Waals surface area contributed by atoms with Crippen molar-refractivity contribution in [3.05, 3.63) is 74.5 Å². The van der Waals surface area contributed by atoms with E-state index < -0.39 is 0 Å². The SMILES string of the molecule is C1CCCC1.Cc1ccccc1P(c1ccccc1C)C(C)C1CCCC1P(C(C)(C)C)C(C)(C)C.[CH3-].[CH3-].[Fe+2]. The Morgan fingerprint density at radius 2 is 1.03 bits per heavy atom. The Morgan fingerprint density at radius 3 is 1.38 bits per heavy atom. The van der Waals surface area contributed by atoms with Gasteiger partial charge in [0, 0.05) is 0 Å². The maximum absolute atomic E-state index is 2.60. The van der Waals surface area contributed by atoms with Gasteiger partial charge < -0.3 is 14.9 Å². The van der Waals surface area contributed by atoms with Crippen molar-refractivity contribution in [1.29, 1.82) is 0 Å². The van der Waals surface area contributed by atoms with E-state index in [2.05, 4.69) is 111 Å². The molecule has 2 fully saturated rings. The number of aryl methyl sites for hydroxylation is 2. The smallest absolute Gasteiger partial charge is 0.358 e. The zero-order valence-corrected chi connectivity index (χ0v) is 30.1. The van der Waals surface area contributed by atoms with Gasteiger partial charge in [-0.2, -0.15) is 0 Å². The minimum Gasteiger partial charge on any atom is -0.358 e. The van der Waals surface area contributed by atoms with E-state index in [9.17, 15) is 0 Å². The summed E-state index contributed by atoms with van der Waals surface area (Å²) in [4.78, 5) is 0. The Hall–Kier alpha value is -0.181. The second kappa shape index (κ2) is 17.1. The Balaban J connectivity index is 0.00000162. The number of hydrogen-bond acceptors (Lipinski definition) is 0. The maximum Gasteiger partial charge on any atom is 2.00 e. The summed E-state index contributed by atoms with van der Waals surface area (Å²) in [5.41, 5.74) is 4.52. The molecule has 0 bridgehead atoms. The van der Waals surface area contributed by atoms with Gasteiger partial charge in [-0.3, -0.25) is 0 Å². The predicted octanol–water partition coefficient (Wildman–Crippen LogP) is 11.2. The first kappa shape index (κ1) is 38.8. The molecule has 2 aromatic carbocycles. The third-order valence-electron chi connectivity index (χ3n) is 8.34. The van der Waals surface area contributed by atoms with Gasteiger partial charge in [0.2, 0.25) is 0 Å². The average molecular weight is 611 g/mol. The van der Waals surface area contributed by atoms with Crippen molar-refractivity contribution in [2.24, 2.45) is 5.92 Å². The molecular formula is C36H60FeP2.